The molecule has 1 aromatic carbocycles. The molecule has 1 aromatic rings. The van der Waals surface area contributed by atoms with Gasteiger partial charge in [0, 0.05) is 18.3 Å². The van der Waals surface area contributed by atoms with Gasteiger partial charge in [0.1, 0.15) is 0 Å². The average molecular weight is 296 g/mol. The van der Waals surface area contributed by atoms with Crippen LogP contribution in [0.1, 0.15) is 45.4 Å². The van der Waals surface area contributed by atoms with Gasteiger partial charge in [-0.2, -0.15) is 0 Å². The maximum absolute atomic E-state index is 11.8. The lowest BCUT2D eigenvalue weighted by atomic mass is 10.1. The Kier molecular flexibility index (Phi) is 5.43. The molecule has 1 aliphatic carbocycles. The van der Waals surface area contributed by atoms with Crippen LogP contribution in [0.15, 0.2) is 29.2 Å². The van der Waals surface area contributed by atoms with E-state index in [1.54, 1.807) is 19.1 Å². The van der Waals surface area contributed by atoms with Crippen LogP contribution in [0.3, 0.4) is 0 Å². The molecule has 0 atom stereocenters. The third-order valence-corrected chi connectivity index (χ3v) is 5.29. The Balaban J connectivity index is 2.01. The molecule has 2 rings (SSSR count). The average Bonchev–Trinajstić information content (AvgIpc) is 2.68. The van der Waals surface area contributed by atoms with Crippen LogP contribution in [-0.2, 0) is 10.0 Å². The summed E-state index contributed by atoms with van der Waals surface area (Å²) in [5.74, 6) is 0. The third kappa shape index (κ3) is 4.21. The normalized spacial score (nSPS) is 17.6. The molecule has 0 saturated heterocycles. The molecule has 0 unspecified atom stereocenters. The van der Waals surface area contributed by atoms with Crippen molar-refractivity contribution in [2.75, 3.05) is 11.9 Å². The highest BCUT2D eigenvalue weighted by molar-refractivity contribution is 7.89. The second kappa shape index (κ2) is 7.09. The molecule has 4 nitrogen and oxygen atoms in total. The minimum Gasteiger partial charge on any atom is -0.382 e. The van der Waals surface area contributed by atoms with Gasteiger partial charge in [-0.15, -0.1) is 0 Å². The molecule has 0 aromatic heterocycles. The number of hydrogen-bond donors (Lipinski definition) is 2. The highest BCUT2D eigenvalue weighted by Gasteiger charge is 2.14. The van der Waals surface area contributed by atoms with Crippen molar-refractivity contribution in [1.29, 1.82) is 0 Å². The topological polar surface area (TPSA) is 58.2 Å². The van der Waals surface area contributed by atoms with Crippen molar-refractivity contribution in [1.82, 2.24) is 4.72 Å². The van der Waals surface area contributed by atoms with Crippen molar-refractivity contribution < 1.29 is 8.42 Å². The fourth-order valence-corrected chi connectivity index (χ4v) is 3.70. The summed E-state index contributed by atoms with van der Waals surface area (Å²) in [5, 5.41) is 3.52. The van der Waals surface area contributed by atoms with E-state index in [2.05, 4.69) is 10.0 Å². The number of hydrogen-bond acceptors (Lipinski definition) is 3. The van der Waals surface area contributed by atoms with Crippen LogP contribution in [0, 0.1) is 0 Å². The van der Waals surface area contributed by atoms with Gasteiger partial charge in [-0.05, 0) is 37.1 Å². The fraction of sp³-hybridized carbons (Fsp3) is 0.600. The van der Waals surface area contributed by atoms with Crippen LogP contribution in [0.25, 0.3) is 0 Å². The van der Waals surface area contributed by atoms with Crippen molar-refractivity contribution in [3.05, 3.63) is 24.3 Å². The van der Waals surface area contributed by atoms with E-state index in [4.69, 9.17) is 0 Å². The maximum atomic E-state index is 11.8. The Morgan fingerprint density at radius 2 is 1.65 bits per heavy atom. The first-order chi connectivity index (χ1) is 9.62. The van der Waals surface area contributed by atoms with Gasteiger partial charge in [0.15, 0.2) is 0 Å². The molecule has 1 fully saturated rings. The molecule has 0 spiro atoms. The highest BCUT2D eigenvalue weighted by Crippen LogP contribution is 2.22. The smallest absolute Gasteiger partial charge is 0.240 e. The van der Waals surface area contributed by atoms with E-state index in [0.717, 1.165) is 5.69 Å². The summed E-state index contributed by atoms with van der Waals surface area (Å²) in [6, 6.07) is 7.56. The molecule has 0 heterocycles. The van der Waals surface area contributed by atoms with Gasteiger partial charge >= 0.3 is 0 Å². The molecule has 0 bridgehead atoms. The second-order valence-electron chi connectivity index (χ2n) is 5.36. The zero-order valence-electron chi connectivity index (χ0n) is 12.1. The third-order valence-electron chi connectivity index (χ3n) is 3.72. The van der Waals surface area contributed by atoms with Crippen molar-refractivity contribution in [2.45, 2.75) is 56.4 Å². The van der Waals surface area contributed by atoms with Crippen LogP contribution < -0.4 is 10.0 Å². The summed E-state index contributed by atoms with van der Waals surface area (Å²) >= 11 is 0. The van der Waals surface area contributed by atoms with Crippen LogP contribution in [-0.4, -0.2) is 21.0 Å². The lowest BCUT2D eigenvalue weighted by Crippen LogP contribution is -2.23. The van der Waals surface area contributed by atoms with Crippen LogP contribution in [0.5, 0.6) is 0 Å². The Hall–Kier alpha value is -1.07. The lowest BCUT2D eigenvalue weighted by molar-refractivity contribution is 0.584. The number of anilines is 1. The molecule has 20 heavy (non-hydrogen) atoms. The predicted octanol–water partition coefficient (Wildman–Crippen LogP) is 3.12. The Bertz CT molecular complexity index is 503. The monoisotopic (exact) mass is 296 g/mol. The van der Waals surface area contributed by atoms with Crippen molar-refractivity contribution in [3.63, 3.8) is 0 Å². The first kappa shape index (κ1) is 15.3. The van der Waals surface area contributed by atoms with Crippen LogP contribution in [0.2, 0.25) is 0 Å². The van der Waals surface area contributed by atoms with Gasteiger partial charge in [0.2, 0.25) is 10.0 Å². The van der Waals surface area contributed by atoms with E-state index in [9.17, 15) is 8.42 Å². The van der Waals surface area contributed by atoms with Crippen molar-refractivity contribution in [3.8, 4) is 0 Å². The van der Waals surface area contributed by atoms with E-state index >= 15 is 0 Å². The van der Waals surface area contributed by atoms with E-state index in [1.165, 1.54) is 38.5 Å². The highest BCUT2D eigenvalue weighted by atomic mass is 32.2. The van der Waals surface area contributed by atoms with Crippen molar-refractivity contribution in [2.24, 2.45) is 0 Å². The molecular formula is C15H24N2O2S. The van der Waals surface area contributed by atoms with Gasteiger partial charge in [0.05, 0.1) is 4.90 Å². The zero-order chi connectivity index (χ0) is 14.4. The lowest BCUT2D eigenvalue weighted by Gasteiger charge is -2.17. The zero-order valence-corrected chi connectivity index (χ0v) is 12.9. The van der Waals surface area contributed by atoms with Gasteiger partial charge in [-0.1, -0.05) is 32.6 Å². The molecule has 1 aliphatic rings. The predicted molar refractivity (Wildman–Crippen MR) is 82.4 cm³/mol. The van der Waals surface area contributed by atoms with E-state index in [0.29, 0.717) is 17.5 Å². The number of sulfonamides is 1. The summed E-state index contributed by atoms with van der Waals surface area (Å²) in [6.07, 6.45) is 7.64. The van der Waals surface area contributed by atoms with Gasteiger partial charge in [-0.25, -0.2) is 13.1 Å². The molecule has 0 aliphatic heterocycles. The van der Waals surface area contributed by atoms with Gasteiger partial charge in [0.25, 0.3) is 0 Å². The Morgan fingerprint density at radius 1 is 1.05 bits per heavy atom. The molecule has 0 amide bonds. The Labute approximate surface area is 122 Å². The quantitative estimate of drug-likeness (QED) is 0.821. The van der Waals surface area contributed by atoms with E-state index < -0.39 is 10.0 Å². The first-order valence-electron chi connectivity index (χ1n) is 7.48. The number of benzene rings is 1. The maximum Gasteiger partial charge on any atom is 0.240 e. The van der Waals surface area contributed by atoms with Crippen LogP contribution >= 0.6 is 0 Å². The molecule has 112 valence electrons. The standard InChI is InChI=1S/C15H24N2O2S/c1-2-16-20(18,19)15-11-9-14(10-12-15)17-13-7-5-3-4-6-8-13/h9-13,16-17H,2-8H2,1H3. The SMILES string of the molecule is CCNS(=O)(=O)c1ccc(NC2CCCCCC2)cc1. The minimum absolute atomic E-state index is 0.325. The summed E-state index contributed by atoms with van der Waals surface area (Å²) in [6.45, 7) is 2.18. The molecule has 5 heteroatoms. The van der Waals surface area contributed by atoms with E-state index in [1.807, 2.05) is 12.1 Å². The summed E-state index contributed by atoms with van der Waals surface area (Å²) in [5.41, 5.74) is 1.01. The molecule has 1 saturated carbocycles. The molecular weight excluding hydrogens is 272 g/mol. The minimum atomic E-state index is -3.34. The fourth-order valence-electron chi connectivity index (χ4n) is 2.66. The van der Waals surface area contributed by atoms with Crippen LogP contribution in [0.4, 0.5) is 5.69 Å². The number of rotatable bonds is 5. The summed E-state index contributed by atoms with van der Waals surface area (Å²) < 4.78 is 26.2. The second-order valence-corrected chi connectivity index (χ2v) is 7.13. The van der Waals surface area contributed by atoms with Crippen molar-refractivity contribution >= 4 is 15.7 Å². The van der Waals surface area contributed by atoms with E-state index in [-0.39, 0.29) is 0 Å². The first-order valence-corrected chi connectivity index (χ1v) is 8.96. The van der Waals surface area contributed by atoms with Gasteiger partial charge < -0.3 is 5.32 Å². The summed E-state index contributed by atoms with van der Waals surface area (Å²) in [4.78, 5) is 0.325. The molecule has 2 N–H and O–H groups in total. The Morgan fingerprint density at radius 3 is 2.20 bits per heavy atom. The largest absolute Gasteiger partial charge is 0.382 e. The molecule has 0 radical (unpaired) electrons. The van der Waals surface area contributed by atoms with Gasteiger partial charge in [-0.3, -0.25) is 0 Å². The number of nitrogens with one attached hydrogen (secondary N) is 2. The summed E-state index contributed by atoms with van der Waals surface area (Å²) in [7, 11) is -3.34.